The van der Waals surface area contributed by atoms with Crippen molar-refractivity contribution in [1.29, 1.82) is 0 Å². The molecule has 2 heterocycles. The molecule has 4 nitrogen and oxygen atoms in total. The Labute approximate surface area is 129 Å². The van der Waals surface area contributed by atoms with Crippen LogP contribution in [-0.2, 0) is 9.53 Å². The van der Waals surface area contributed by atoms with E-state index in [2.05, 4.69) is 30.0 Å². The SMILES string of the molecule is C[Si](C)(C)CCOC(=O)C1(CC2CCNCC2)C=CC=N1. The highest BCUT2D eigenvalue weighted by Crippen LogP contribution is 2.31. The molecule has 0 aromatic heterocycles. The predicted octanol–water partition coefficient (Wildman–Crippen LogP) is 2.64. The number of hydrogen-bond donors (Lipinski definition) is 1. The fraction of sp³-hybridized carbons (Fsp3) is 0.750. The van der Waals surface area contributed by atoms with Gasteiger partial charge in [0.05, 0.1) is 6.61 Å². The molecule has 1 fully saturated rings. The number of ether oxygens (including phenoxy) is 1. The third kappa shape index (κ3) is 4.78. The first-order valence-electron chi connectivity index (χ1n) is 8.02. The van der Waals surface area contributed by atoms with E-state index in [0.717, 1.165) is 38.4 Å². The third-order valence-corrected chi connectivity index (χ3v) is 5.96. The first-order valence-corrected chi connectivity index (χ1v) is 11.7. The van der Waals surface area contributed by atoms with E-state index in [-0.39, 0.29) is 5.97 Å². The number of esters is 1. The highest BCUT2D eigenvalue weighted by atomic mass is 28.3. The number of piperidine rings is 1. The minimum atomic E-state index is -1.17. The second-order valence-corrected chi connectivity index (χ2v) is 13.0. The zero-order valence-electron chi connectivity index (χ0n) is 13.5. The number of hydrogen-bond acceptors (Lipinski definition) is 4. The van der Waals surface area contributed by atoms with E-state index in [1.807, 2.05) is 12.2 Å². The molecule has 0 radical (unpaired) electrons. The van der Waals surface area contributed by atoms with Gasteiger partial charge in [-0.3, -0.25) is 4.99 Å². The van der Waals surface area contributed by atoms with Crippen molar-refractivity contribution in [3.63, 3.8) is 0 Å². The second kappa shape index (κ2) is 6.88. The molecule has 0 aromatic rings. The number of aliphatic imine (C=N–C) groups is 1. The molecule has 2 rings (SSSR count). The smallest absolute Gasteiger partial charge is 0.338 e. The Kier molecular flexibility index (Phi) is 5.38. The maximum atomic E-state index is 12.5. The monoisotopic (exact) mass is 308 g/mol. The average Bonchev–Trinajstić information content (AvgIpc) is 2.88. The van der Waals surface area contributed by atoms with Crippen molar-refractivity contribution in [2.24, 2.45) is 10.9 Å². The topological polar surface area (TPSA) is 50.7 Å². The normalized spacial score (nSPS) is 26.2. The minimum absolute atomic E-state index is 0.163. The highest BCUT2D eigenvalue weighted by molar-refractivity contribution is 6.76. The quantitative estimate of drug-likeness (QED) is 0.606. The lowest BCUT2D eigenvalue weighted by Crippen LogP contribution is -2.40. The van der Waals surface area contributed by atoms with Crippen molar-refractivity contribution in [3.05, 3.63) is 12.2 Å². The van der Waals surface area contributed by atoms with Crippen LogP contribution in [0.25, 0.3) is 0 Å². The van der Waals surface area contributed by atoms with Crippen molar-refractivity contribution in [2.75, 3.05) is 19.7 Å². The molecule has 2 aliphatic rings. The summed E-state index contributed by atoms with van der Waals surface area (Å²) in [5, 5.41) is 3.36. The average molecular weight is 308 g/mol. The van der Waals surface area contributed by atoms with Gasteiger partial charge in [-0.25, -0.2) is 4.79 Å². The number of carbonyl (C=O) groups excluding carboxylic acids is 1. The van der Waals surface area contributed by atoms with E-state index in [1.54, 1.807) is 6.21 Å². The Morgan fingerprint density at radius 3 is 2.67 bits per heavy atom. The zero-order chi connectivity index (χ0) is 15.3. The van der Waals surface area contributed by atoms with Crippen molar-refractivity contribution in [1.82, 2.24) is 5.32 Å². The maximum Gasteiger partial charge on any atom is 0.338 e. The van der Waals surface area contributed by atoms with Crippen LogP contribution < -0.4 is 5.32 Å². The molecule has 21 heavy (non-hydrogen) atoms. The zero-order valence-corrected chi connectivity index (χ0v) is 14.5. The number of carbonyl (C=O) groups is 1. The molecule has 1 saturated heterocycles. The van der Waals surface area contributed by atoms with Gasteiger partial charge in [0.15, 0.2) is 5.54 Å². The molecule has 0 saturated carbocycles. The summed E-state index contributed by atoms with van der Waals surface area (Å²) in [6.45, 7) is 9.49. The molecule has 0 amide bonds. The third-order valence-electron chi connectivity index (χ3n) is 4.26. The summed E-state index contributed by atoms with van der Waals surface area (Å²) in [7, 11) is -1.17. The Hall–Kier alpha value is -0.943. The lowest BCUT2D eigenvalue weighted by molar-refractivity contribution is -0.148. The predicted molar refractivity (Wildman–Crippen MR) is 89.7 cm³/mol. The van der Waals surface area contributed by atoms with Crippen molar-refractivity contribution in [3.8, 4) is 0 Å². The number of nitrogens with zero attached hydrogens (tertiary/aromatic N) is 1. The van der Waals surface area contributed by atoms with Crippen molar-refractivity contribution in [2.45, 2.75) is 50.5 Å². The van der Waals surface area contributed by atoms with E-state index >= 15 is 0 Å². The van der Waals surface area contributed by atoms with E-state index in [4.69, 9.17) is 4.74 Å². The molecule has 1 atom stereocenters. The molecular formula is C16H28N2O2Si. The summed E-state index contributed by atoms with van der Waals surface area (Å²) >= 11 is 0. The Morgan fingerprint density at radius 1 is 1.38 bits per heavy atom. The Morgan fingerprint density at radius 2 is 2.10 bits per heavy atom. The molecule has 1 N–H and O–H groups in total. The van der Waals surface area contributed by atoms with Gasteiger partial charge in [0.1, 0.15) is 0 Å². The Bertz CT molecular complexity index is 408. The summed E-state index contributed by atoms with van der Waals surface area (Å²) in [5.74, 6) is 0.389. The molecule has 0 aromatic carbocycles. The fourth-order valence-corrected chi connectivity index (χ4v) is 3.56. The lowest BCUT2D eigenvalue weighted by Gasteiger charge is -2.30. The first-order chi connectivity index (χ1) is 9.91. The van der Waals surface area contributed by atoms with Gasteiger partial charge in [-0.2, -0.15) is 0 Å². The van der Waals surface area contributed by atoms with Crippen LogP contribution in [0.4, 0.5) is 0 Å². The second-order valence-electron chi connectivity index (χ2n) is 7.41. The summed E-state index contributed by atoms with van der Waals surface area (Å²) in [6, 6.07) is 1.01. The molecular weight excluding hydrogens is 280 g/mol. The van der Waals surface area contributed by atoms with E-state index in [9.17, 15) is 4.79 Å². The lowest BCUT2D eigenvalue weighted by atomic mass is 9.83. The van der Waals surface area contributed by atoms with Gasteiger partial charge in [-0.1, -0.05) is 19.6 Å². The molecule has 0 spiro atoms. The van der Waals surface area contributed by atoms with Crippen LogP contribution in [0, 0.1) is 5.92 Å². The van der Waals surface area contributed by atoms with Crippen LogP contribution in [0.3, 0.4) is 0 Å². The van der Waals surface area contributed by atoms with Gasteiger partial charge in [-0.15, -0.1) is 0 Å². The largest absolute Gasteiger partial charge is 0.464 e. The number of nitrogens with one attached hydrogen (secondary N) is 1. The van der Waals surface area contributed by atoms with Gasteiger partial charge in [-0.05, 0) is 56.5 Å². The summed E-state index contributed by atoms with van der Waals surface area (Å²) in [4.78, 5) is 17.0. The summed E-state index contributed by atoms with van der Waals surface area (Å²) < 4.78 is 5.56. The highest BCUT2D eigenvalue weighted by Gasteiger charge is 2.40. The summed E-state index contributed by atoms with van der Waals surface area (Å²) in [5.41, 5.74) is -0.749. The van der Waals surface area contributed by atoms with Gasteiger partial charge in [0.2, 0.25) is 0 Å². The minimum Gasteiger partial charge on any atom is -0.464 e. The van der Waals surface area contributed by atoms with E-state index in [1.165, 1.54) is 0 Å². The maximum absolute atomic E-state index is 12.5. The van der Waals surface area contributed by atoms with Crippen LogP contribution in [0.1, 0.15) is 19.3 Å². The van der Waals surface area contributed by atoms with E-state index in [0.29, 0.717) is 12.5 Å². The molecule has 1 unspecified atom stereocenters. The van der Waals surface area contributed by atoms with Crippen molar-refractivity contribution < 1.29 is 9.53 Å². The molecule has 0 bridgehead atoms. The number of rotatable bonds is 6. The standard InChI is InChI=1S/C16H28N2O2Si/c1-21(2,3)12-11-20-15(19)16(7-4-8-18-16)13-14-5-9-17-10-6-14/h4,7-8,14,17H,5-6,9-13H2,1-3H3. The van der Waals surface area contributed by atoms with Gasteiger partial charge >= 0.3 is 5.97 Å². The number of allylic oxidation sites excluding steroid dienone is 1. The van der Waals surface area contributed by atoms with Crippen LogP contribution >= 0.6 is 0 Å². The van der Waals surface area contributed by atoms with Crippen LogP contribution in [-0.4, -0.2) is 45.5 Å². The van der Waals surface area contributed by atoms with Gasteiger partial charge < -0.3 is 10.1 Å². The van der Waals surface area contributed by atoms with Crippen LogP contribution in [0.15, 0.2) is 17.1 Å². The van der Waals surface area contributed by atoms with E-state index < -0.39 is 13.6 Å². The summed E-state index contributed by atoms with van der Waals surface area (Å²) in [6.07, 6.45) is 8.56. The molecule has 5 heteroatoms. The van der Waals surface area contributed by atoms with Crippen LogP contribution in [0.2, 0.25) is 25.7 Å². The first kappa shape index (κ1) is 16.4. The molecule has 2 aliphatic heterocycles. The van der Waals surface area contributed by atoms with Crippen LogP contribution in [0.5, 0.6) is 0 Å². The van der Waals surface area contributed by atoms with Gasteiger partial charge in [0.25, 0.3) is 0 Å². The molecule has 118 valence electrons. The molecule has 0 aliphatic carbocycles. The Balaban J connectivity index is 1.92. The van der Waals surface area contributed by atoms with Crippen molar-refractivity contribution >= 4 is 20.3 Å². The fourth-order valence-electron chi connectivity index (χ4n) is 2.85. The van der Waals surface area contributed by atoms with Gasteiger partial charge in [0, 0.05) is 14.3 Å².